The highest BCUT2D eigenvalue weighted by Crippen LogP contribution is 2.19. The van der Waals surface area contributed by atoms with Crippen molar-refractivity contribution in [3.63, 3.8) is 0 Å². The smallest absolute Gasteiger partial charge is 0.253 e. The molecule has 142 valence electrons. The standard InChI is InChI=1S/C20H29N3O3/c1-20(2,26)8-7-15-5-4-6-16(13-15)18(24)23-12-11-22-10-9-21(3)19(25)17(22)14-23/h4-6,13,17,26H,7-12,14H2,1-3H3/t17-/m0/s1. The van der Waals surface area contributed by atoms with Crippen molar-refractivity contribution in [1.29, 1.82) is 0 Å². The Morgan fingerprint density at radius 2 is 1.96 bits per heavy atom. The van der Waals surface area contributed by atoms with Gasteiger partial charge in [0.2, 0.25) is 5.91 Å². The van der Waals surface area contributed by atoms with Crippen LogP contribution >= 0.6 is 0 Å². The molecule has 0 aromatic heterocycles. The zero-order valence-electron chi connectivity index (χ0n) is 15.9. The Kier molecular flexibility index (Phi) is 5.34. The Morgan fingerprint density at radius 3 is 2.69 bits per heavy atom. The number of aliphatic hydroxyl groups is 1. The molecule has 0 saturated carbocycles. The van der Waals surface area contributed by atoms with Crippen LogP contribution in [0.3, 0.4) is 0 Å². The third-order valence-electron chi connectivity index (χ3n) is 5.36. The van der Waals surface area contributed by atoms with Crippen molar-refractivity contribution in [3.05, 3.63) is 35.4 Å². The summed E-state index contributed by atoms with van der Waals surface area (Å²) in [5, 5.41) is 9.90. The van der Waals surface area contributed by atoms with E-state index in [9.17, 15) is 14.7 Å². The molecular formula is C20H29N3O3. The molecule has 0 unspecified atom stereocenters. The maximum Gasteiger partial charge on any atom is 0.253 e. The molecule has 1 aromatic rings. The normalized spacial score (nSPS) is 21.7. The van der Waals surface area contributed by atoms with Gasteiger partial charge in [-0.15, -0.1) is 0 Å². The lowest BCUT2D eigenvalue weighted by Gasteiger charge is -2.45. The number of likely N-dealkylation sites (N-methyl/N-ethyl adjacent to an activating group) is 1. The molecule has 0 bridgehead atoms. The first-order valence-corrected chi connectivity index (χ1v) is 9.34. The van der Waals surface area contributed by atoms with E-state index >= 15 is 0 Å². The summed E-state index contributed by atoms with van der Waals surface area (Å²) in [6.45, 7) is 7.07. The third kappa shape index (κ3) is 4.24. The van der Waals surface area contributed by atoms with E-state index in [4.69, 9.17) is 0 Å². The highest BCUT2D eigenvalue weighted by molar-refractivity contribution is 5.95. The number of hydrogen-bond acceptors (Lipinski definition) is 4. The molecule has 0 spiro atoms. The van der Waals surface area contributed by atoms with E-state index in [2.05, 4.69) is 4.90 Å². The van der Waals surface area contributed by atoms with E-state index < -0.39 is 5.60 Å². The molecule has 2 aliphatic rings. The Balaban J connectivity index is 1.68. The van der Waals surface area contributed by atoms with Crippen molar-refractivity contribution in [1.82, 2.24) is 14.7 Å². The summed E-state index contributed by atoms with van der Waals surface area (Å²) in [6, 6.07) is 7.40. The second-order valence-electron chi connectivity index (χ2n) is 8.08. The van der Waals surface area contributed by atoms with Gasteiger partial charge in [0.05, 0.1) is 5.60 Å². The minimum atomic E-state index is -0.719. The maximum atomic E-state index is 12.9. The summed E-state index contributed by atoms with van der Waals surface area (Å²) < 4.78 is 0. The van der Waals surface area contributed by atoms with Crippen molar-refractivity contribution in [2.75, 3.05) is 39.8 Å². The quantitative estimate of drug-likeness (QED) is 0.871. The molecule has 26 heavy (non-hydrogen) atoms. The second-order valence-corrected chi connectivity index (χ2v) is 8.08. The van der Waals surface area contributed by atoms with Gasteiger partial charge in [-0.3, -0.25) is 14.5 Å². The number of piperazine rings is 2. The lowest BCUT2D eigenvalue weighted by atomic mass is 9.97. The Labute approximate surface area is 155 Å². The third-order valence-corrected chi connectivity index (χ3v) is 5.36. The first-order valence-electron chi connectivity index (χ1n) is 9.34. The molecule has 1 N–H and O–H groups in total. The lowest BCUT2D eigenvalue weighted by Crippen LogP contribution is -2.64. The largest absolute Gasteiger partial charge is 0.390 e. The van der Waals surface area contributed by atoms with Gasteiger partial charge in [0.15, 0.2) is 0 Å². The summed E-state index contributed by atoms with van der Waals surface area (Å²) in [5.41, 5.74) is 0.984. The molecule has 2 amide bonds. The zero-order valence-corrected chi connectivity index (χ0v) is 15.9. The van der Waals surface area contributed by atoms with Gasteiger partial charge in [0, 0.05) is 45.3 Å². The van der Waals surface area contributed by atoms with Crippen LogP contribution < -0.4 is 0 Å². The van der Waals surface area contributed by atoms with Crippen LogP contribution in [0.4, 0.5) is 0 Å². The molecule has 0 aliphatic carbocycles. The van der Waals surface area contributed by atoms with Crippen molar-refractivity contribution in [2.45, 2.75) is 38.3 Å². The summed E-state index contributed by atoms with van der Waals surface area (Å²) in [6.07, 6.45) is 1.37. The highest BCUT2D eigenvalue weighted by Gasteiger charge is 2.38. The van der Waals surface area contributed by atoms with Crippen molar-refractivity contribution >= 4 is 11.8 Å². The minimum absolute atomic E-state index is 0.0178. The molecule has 1 atom stereocenters. The maximum absolute atomic E-state index is 12.9. The molecule has 0 radical (unpaired) electrons. The molecule has 2 fully saturated rings. The SMILES string of the molecule is CN1CCN2CCN(C(=O)c3cccc(CCC(C)(C)O)c3)C[C@H]2C1=O. The van der Waals surface area contributed by atoms with Gasteiger partial charge in [-0.25, -0.2) is 0 Å². The molecule has 6 nitrogen and oxygen atoms in total. The Bertz CT molecular complexity index is 683. The van der Waals surface area contributed by atoms with Crippen molar-refractivity contribution in [3.8, 4) is 0 Å². The average Bonchev–Trinajstić information content (AvgIpc) is 2.62. The van der Waals surface area contributed by atoms with Crippen molar-refractivity contribution < 1.29 is 14.7 Å². The predicted octanol–water partition coefficient (Wildman–Crippen LogP) is 0.988. The first-order chi connectivity index (χ1) is 12.2. The molecule has 2 saturated heterocycles. The summed E-state index contributed by atoms with van der Waals surface area (Å²) in [7, 11) is 1.83. The topological polar surface area (TPSA) is 64.1 Å². The summed E-state index contributed by atoms with van der Waals surface area (Å²) in [4.78, 5) is 31.1. The van der Waals surface area contributed by atoms with Crippen LogP contribution in [0, 0.1) is 0 Å². The molecule has 6 heteroatoms. The van der Waals surface area contributed by atoms with E-state index in [1.807, 2.05) is 31.3 Å². The fourth-order valence-electron chi connectivity index (χ4n) is 3.64. The van der Waals surface area contributed by atoms with E-state index in [-0.39, 0.29) is 17.9 Å². The number of hydrogen-bond donors (Lipinski definition) is 1. The summed E-state index contributed by atoms with van der Waals surface area (Å²) in [5.74, 6) is 0.0865. The van der Waals surface area contributed by atoms with Crippen LogP contribution in [-0.2, 0) is 11.2 Å². The molecule has 2 aliphatic heterocycles. The van der Waals surface area contributed by atoms with Crippen LogP contribution in [0.15, 0.2) is 24.3 Å². The van der Waals surface area contributed by atoms with Gasteiger partial charge in [-0.1, -0.05) is 12.1 Å². The van der Waals surface area contributed by atoms with Gasteiger partial charge >= 0.3 is 0 Å². The Morgan fingerprint density at radius 1 is 1.23 bits per heavy atom. The average molecular weight is 359 g/mol. The predicted molar refractivity (Wildman–Crippen MR) is 100.0 cm³/mol. The number of carbonyl (C=O) groups excluding carboxylic acids is 2. The number of carbonyl (C=O) groups is 2. The number of aryl methyl sites for hydroxylation is 1. The van der Waals surface area contributed by atoms with E-state index in [1.54, 1.807) is 23.6 Å². The van der Waals surface area contributed by atoms with Gasteiger partial charge in [0.25, 0.3) is 5.91 Å². The lowest BCUT2D eigenvalue weighted by molar-refractivity contribution is -0.142. The van der Waals surface area contributed by atoms with Crippen molar-refractivity contribution in [2.24, 2.45) is 0 Å². The molecule has 2 heterocycles. The number of fused-ring (bicyclic) bond motifs is 1. The minimum Gasteiger partial charge on any atom is -0.390 e. The van der Waals surface area contributed by atoms with Crippen LogP contribution in [-0.4, -0.2) is 83.0 Å². The van der Waals surface area contributed by atoms with Crippen LogP contribution in [0.1, 0.15) is 36.2 Å². The monoisotopic (exact) mass is 359 g/mol. The second kappa shape index (κ2) is 7.37. The molecular weight excluding hydrogens is 330 g/mol. The number of rotatable bonds is 4. The van der Waals surface area contributed by atoms with Gasteiger partial charge < -0.3 is 14.9 Å². The highest BCUT2D eigenvalue weighted by atomic mass is 16.3. The number of benzene rings is 1. The molecule has 3 rings (SSSR count). The molecule has 1 aromatic carbocycles. The number of nitrogens with zero attached hydrogens (tertiary/aromatic N) is 3. The van der Waals surface area contributed by atoms with E-state index in [1.165, 1.54) is 0 Å². The fraction of sp³-hybridized carbons (Fsp3) is 0.600. The van der Waals surface area contributed by atoms with Crippen LogP contribution in [0.2, 0.25) is 0 Å². The van der Waals surface area contributed by atoms with Crippen LogP contribution in [0.5, 0.6) is 0 Å². The first kappa shape index (κ1) is 18.9. The van der Waals surface area contributed by atoms with Crippen LogP contribution in [0.25, 0.3) is 0 Å². The van der Waals surface area contributed by atoms with Gasteiger partial charge in [-0.05, 0) is 44.4 Å². The zero-order chi connectivity index (χ0) is 18.9. The summed E-state index contributed by atoms with van der Waals surface area (Å²) >= 11 is 0. The Hall–Kier alpha value is -1.92. The van der Waals surface area contributed by atoms with E-state index in [0.717, 1.165) is 31.6 Å². The fourth-order valence-corrected chi connectivity index (χ4v) is 3.64. The van der Waals surface area contributed by atoms with E-state index in [0.29, 0.717) is 25.1 Å². The number of amides is 2. The van der Waals surface area contributed by atoms with Gasteiger partial charge in [0.1, 0.15) is 6.04 Å². The van der Waals surface area contributed by atoms with Gasteiger partial charge in [-0.2, -0.15) is 0 Å².